The van der Waals surface area contributed by atoms with E-state index >= 15 is 0 Å². The highest BCUT2D eigenvalue weighted by Crippen LogP contribution is 2.25. The van der Waals surface area contributed by atoms with E-state index in [4.69, 9.17) is 11.5 Å². The molecular weight excluding hydrogens is 218 g/mol. The Balaban J connectivity index is 2.13. The molecule has 1 heterocycles. The summed E-state index contributed by atoms with van der Waals surface area (Å²) in [6, 6.07) is 6.36. The molecule has 2 aromatic rings. The van der Waals surface area contributed by atoms with Gasteiger partial charge in [-0.05, 0) is 43.0 Å². The maximum Gasteiger partial charge on any atom is 0.181 e. The standard InChI is InChI=1S/C12H17N3S/c1-8(7-13)2-3-9-4-5-10-11(6-9)16-12(14)15-10/h4-6,8H,2-3,7,13H2,1H3,(H2,14,15). The third-order valence-electron chi connectivity index (χ3n) is 2.80. The summed E-state index contributed by atoms with van der Waals surface area (Å²) in [5.74, 6) is 0.585. The summed E-state index contributed by atoms with van der Waals surface area (Å²) < 4.78 is 1.18. The number of nitrogens with zero attached hydrogens (tertiary/aromatic N) is 1. The predicted octanol–water partition coefficient (Wildman–Crippen LogP) is 2.41. The van der Waals surface area contributed by atoms with Crippen molar-refractivity contribution < 1.29 is 0 Å². The Labute approximate surface area is 99.5 Å². The lowest BCUT2D eigenvalue weighted by Gasteiger charge is -2.07. The van der Waals surface area contributed by atoms with Crippen LogP contribution in [0.2, 0.25) is 0 Å². The molecule has 2 rings (SSSR count). The Morgan fingerprint density at radius 2 is 2.25 bits per heavy atom. The normalized spacial score (nSPS) is 13.1. The first-order valence-corrected chi connectivity index (χ1v) is 6.35. The summed E-state index contributed by atoms with van der Waals surface area (Å²) in [7, 11) is 0. The molecule has 4 N–H and O–H groups in total. The Bertz CT molecular complexity index is 478. The third-order valence-corrected chi connectivity index (χ3v) is 3.64. The van der Waals surface area contributed by atoms with E-state index in [9.17, 15) is 0 Å². The van der Waals surface area contributed by atoms with Crippen molar-refractivity contribution in [3.05, 3.63) is 23.8 Å². The van der Waals surface area contributed by atoms with E-state index < -0.39 is 0 Å². The van der Waals surface area contributed by atoms with Crippen molar-refractivity contribution >= 4 is 26.7 Å². The lowest BCUT2D eigenvalue weighted by molar-refractivity contribution is 0.545. The first kappa shape index (κ1) is 11.4. The third kappa shape index (κ3) is 2.51. The van der Waals surface area contributed by atoms with Gasteiger partial charge < -0.3 is 11.5 Å². The van der Waals surface area contributed by atoms with Crippen LogP contribution in [0.15, 0.2) is 18.2 Å². The number of benzene rings is 1. The number of hydrogen-bond donors (Lipinski definition) is 2. The molecule has 0 bridgehead atoms. The first-order chi connectivity index (χ1) is 7.69. The minimum atomic E-state index is 0.585. The molecule has 1 aromatic heterocycles. The lowest BCUT2D eigenvalue weighted by atomic mass is 10.0. The molecule has 1 atom stereocenters. The molecule has 0 radical (unpaired) electrons. The molecule has 3 nitrogen and oxygen atoms in total. The molecule has 0 spiro atoms. The second kappa shape index (κ2) is 4.80. The smallest absolute Gasteiger partial charge is 0.181 e. The largest absolute Gasteiger partial charge is 0.375 e. The number of thiazole rings is 1. The first-order valence-electron chi connectivity index (χ1n) is 5.54. The molecule has 0 aliphatic carbocycles. The molecule has 0 aliphatic heterocycles. The number of rotatable bonds is 4. The van der Waals surface area contributed by atoms with Gasteiger partial charge in [0.1, 0.15) is 0 Å². The van der Waals surface area contributed by atoms with Crippen LogP contribution in [-0.2, 0) is 6.42 Å². The van der Waals surface area contributed by atoms with Crippen LogP contribution in [0.3, 0.4) is 0 Å². The zero-order chi connectivity index (χ0) is 11.5. The fraction of sp³-hybridized carbons (Fsp3) is 0.417. The number of aromatic nitrogens is 1. The van der Waals surface area contributed by atoms with E-state index in [-0.39, 0.29) is 0 Å². The maximum atomic E-state index is 5.68. The molecular formula is C12H17N3S. The zero-order valence-electron chi connectivity index (χ0n) is 9.44. The topological polar surface area (TPSA) is 64.9 Å². The van der Waals surface area contributed by atoms with Crippen molar-refractivity contribution in [2.45, 2.75) is 19.8 Å². The Morgan fingerprint density at radius 1 is 1.44 bits per heavy atom. The number of aryl methyl sites for hydroxylation is 1. The lowest BCUT2D eigenvalue weighted by Crippen LogP contribution is -2.11. The van der Waals surface area contributed by atoms with Gasteiger partial charge in [0.05, 0.1) is 10.2 Å². The predicted molar refractivity (Wildman–Crippen MR) is 70.6 cm³/mol. The van der Waals surface area contributed by atoms with Crippen molar-refractivity contribution in [3.8, 4) is 0 Å². The minimum absolute atomic E-state index is 0.585. The summed E-state index contributed by atoms with van der Waals surface area (Å²) in [5, 5.41) is 0.641. The Hall–Kier alpha value is -1.13. The van der Waals surface area contributed by atoms with Gasteiger partial charge in [-0.1, -0.05) is 24.3 Å². The van der Waals surface area contributed by atoms with Gasteiger partial charge in [-0.25, -0.2) is 4.98 Å². The number of hydrogen-bond acceptors (Lipinski definition) is 4. The number of fused-ring (bicyclic) bond motifs is 1. The van der Waals surface area contributed by atoms with Gasteiger partial charge in [0.2, 0.25) is 0 Å². The van der Waals surface area contributed by atoms with E-state index in [1.54, 1.807) is 11.3 Å². The summed E-state index contributed by atoms with van der Waals surface area (Å²) in [4.78, 5) is 4.24. The van der Waals surface area contributed by atoms with Crippen LogP contribution in [0.5, 0.6) is 0 Å². The quantitative estimate of drug-likeness (QED) is 0.855. The molecule has 0 aliphatic rings. The van der Waals surface area contributed by atoms with Crippen molar-refractivity contribution in [3.63, 3.8) is 0 Å². The van der Waals surface area contributed by atoms with Gasteiger partial charge in [-0.3, -0.25) is 0 Å². The fourth-order valence-electron chi connectivity index (χ4n) is 1.67. The average molecular weight is 235 g/mol. The SMILES string of the molecule is CC(CN)CCc1ccc2nc(N)sc2c1. The van der Waals surface area contributed by atoms with Crippen LogP contribution >= 0.6 is 11.3 Å². The number of anilines is 1. The van der Waals surface area contributed by atoms with E-state index in [1.165, 1.54) is 10.3 Å². The van der Waals surface area contributed by atoms with Crippen LogP contribution in [-0.4, -0.2) is 11.5 Å². The fourth-order valence-corrected chi connectivity index (χ4v) is 2.47. The number of nitrogens with two attached hydrogens (primary N) is 2. The molecule has 0 saturated heterocycles. The summed E-state index contributed by atoms with van der Waals surface area (Å²) >= 11 is 1.55. The molecule has 1 aromatic carbocycles. The highest BCUT2D eigenvalue weighted by molar-refractivity contribution is 7.22. The van der Waals surface area contributed by atoms with Crippen LogP contribution in [0.25, 0.3) is 10.2 Å². The summed E-state index contributed by atoms with van der Waals surface area (Å²) in [6.07, 6.45) is 2.21. The molecule has 86 valence electrons. The minimum Gasteiger partial charge on any atom is -0.375 e. The van der Waals surface area contributed by atoms with E-state index in [1.807, 2.05) is 6.07 Å². The molecule has 16 heavy (non-hydrogen) atoms. The van der Waals surface area contributed by atoms with Gasteiger partial charge in [-0.15, -0.1) is 0 Å². The second-order valence-electron chi connectivity index (χ2n) is 4.23. The van der Waals surface area contributed by atoms with E-state index in [0.29, 0.717) is 11.0 Å². The van der Waals surface area contributed by atoms with Crippen molar-refractivity contribution in [2.24, 2.45) is 11.7 Å². The van der Waals surface area contributed by atoms with Crippen LogP contribution in [0, 0.1) is 5.92 Å². The van der Waals surface area contributed by atoms with E-state index in [0.717, 1.165) is 24.9 Å². The highest BCUT2D eigenvalue weighted by atomic mass is 32.1. The molecule has 0 saturated carbocycles. The molecule has 0 fully saturated rings. The van der Waals surface area contributed by atoms with Crippen molar-refractivity contribution in [1.29, 1.82) is 0 Å². The van der Waals surface area contributed by atoms with Gasteiger partial charge in [-0.2, -0.15) is 0 Å². The van der Waals surface area contributed by atoms with Crippen LogP contribution in [0.4, 0.5) is 5.13 Å². The van der Waals surface area contributed by atoms with Crippen molar-refractivity contribution in [1.82, 2.24) is 4.98 Å². The van der Waals surface area contributed by atoms with Crippen LogP contribution in [0.1, 0.15) is 18.9 Å². The van der Waals surface area contributed by atoms with Gasteiger partial charge in [0.25, 0.3) is 0 Å². The molecule has 1 unspecified atom stereocenters. The molecule has 4 heteroatoms. The van der Waals surface area contributed by atoms with Crippen LogP contribution < -0.4 is 11.5 Å². The Morgan fingerprint density at radius 3 is 3.00 bits per heavy atom. The van der Waals surface area contributed by atoms with Gasteiger partial charge in [0, 0.05) is 0 Å². The zero-order valence-corrected chi connectivity index (χ0v) is 10.3. The second-order valence-corrected chi connectivity index (χ2v) is 5.30. The summed E-state index contributed by atoms with van der Waals surface area (Å²) in [6.45, 7) is 2.94. The molecule has 0 amide bonds. The monoisotopic (exact) mass is 235 g/mol. The maximum absolute atomic E-state index is 5.68. The number of nitrogen functional groups attached to an aromatic ring is 1. The van der Waals surface area contributed by atoms with Gasteiger partial charge >= 0.3 is 0 Å². The highest BCUT2D eigenvalue weighted by Gasteiger charge is 2.04. The average Bonchev–Trinajstić information content (AvgIpc) is 2.65. The van der Waals surface area contributed by atoms with E-state index in [2.05, 4.69) is 24.0 Å². The van der Waals surface area contributed by atoms with Gasteiger partial charge in [0.15, 0.2) is 5.13 Å². The summed E-state index contributed by atoms with van der Waals surface area (Å²) in [5.41, 5.74) is 13.6. The van der Waals surface area contributed by atoms with Crippen molar-refractivity contribution in [2.75, 3.05) is 12.3 Å². The Kier molecular flexibility index (Phi) is 3.41.